The van der Waals surface area contributed by atoms with E-state index in [0.717, 1.165) is 16.8 Å². The van der Waals surface area contributed by atoms with E-state index in [4.69, 9.17) is 26.4 Å². The molecular weight excluding hydrogens is 388 g/mol. The van der Waals surface area contributed by atoms with Crippen LogP contribution >= 0.6 is 12.2 Å². The van der Waals surface area contributed by atoms with Crippen LogP contribution in [0, 0.1) is 6.92 Å². The zero-order chi connectivity index (χ0) is 21.4. The molecule has 0 aromatic heterocycles. The minimum absolute atomic E-state index is 0.0723. The molecular formula is C22H28N2O4S. The highest BCUT2D eigenvalue weighted by molar-refractivity contribution is 7.80. The second-order valence-electron chi connectivity index (χ2n) is 6.71. The number of anilines is 1. The summed E-state index contributed by atoms with van der Waals surface area (Å²) in [5, 5.41) is 6.82. The molecule has 2 aromatic rings. The Balaban J connectivity index is 1.97. The maximum Gasteiger partial charge on any atom is 0.338 e. The van der Waals surface area contributed by atoms with E-state index in [-0.39, 0.29) is 12.1 Å². The van der Waals surface area contributed by atoms with Crippen LogP contribution in [0.15, 0.2) is 36.4 Å². The van der Waals surface area contributed by atoms with Gasteiger partial charge < -0.3 is 24.8 Å². The average Bonchev–Trinajstić information content (AvgIpc) is 2.68. The highest BCUT2D eigenvalue weighted by atomic mass is 32.1. The molecule has 7 heteroatoms. The molecule has 0 heterocycles. The van der Waals surface area contributed by atoms with Crippen molar-refractivity contribution in [3.8, 4) is 11.5 Å². The van der Waals surface area contributed by atoms with Gasteiger partial charge in [-0.25, -0.2) is 4.79 Å². The van der Waals surface area contributed by atoms with Gasteiger partial charge in [0, 0.05) is 12.2 Å². The lowest BCUT2D eigenvalue weighted by Gasteiger charge is -2.16. The number of aryl methyl sites for hydroxylation is 1. The van der Waals surface area contributed by atoms with Gasteiger partial charge in [-0.1, -0.05) is 6.07 Å². The van der Waals surface area contributed by atoms with Gasteiger partial charge in [0.1, 0.15) is 0 Å². The predicted molar refractivity (Wildman–Crippen MR) is 119 cm³/mol. The number of esters is 1. The van der Waals surface area contributed by atoms with Crippen LogP contribution in [-0.4, -0.2) is 30.9 Å². The first-order chi connectivity index (χ1) is 13.8. The molecule has 6 nitrogen and oxygen atoms in total. The fourth-order valence-electron chi connectivity index (χ4n) is 2.67. The maximum atomic E-state index is 11.8. The second kappa shape index (κ2) is 10.7. The van der Waals surface area contributed by atoms with Crippen molar-refractivity contribution < 1.29 is 19.0 Å². The Morgan fingerprint density at radius 1 is 1.14 bits per heavy atom. The molecule has 0 radical (unpaired) electrons. The van der Waals surface area contributed by atoms with Crippen LogP contribution in [0.3, 0.4) is 0 Å². The van der Waals surface area contributed by atoms with Crippen LogP contribution in [-0.2, 0) is 11.3 Å². The Hall–Kier alpha value is -2.80. The Kier molecular flexibility index (Phi) is 8.27. The van der Waals surface area contributed by atoms with Crippen molar-refractivity contribution in [1.82, 2.24) is 5.32 Å². The minimum atomic E-state index is -0.332. The minimum Gasteiger partial charge on any atom is -0.493 e. The first-order valence-corrected chi connectivity index (χ1v) is 9.91. The number of ether oxygens (including phenoxy) is 3. The molecule has 0 atom stereocenters. The fraction of sp³-hybridized carbons (Fsp3) is 0.364. The van der Waals surface area contributed by atoms with E-state index in [2.05, 4.69) is 10.6 Å². The normalized spacial score (nSPS) is 10.4. The highest BCUT2D eigenvalue weighted by Gasteiger charge is 2.10. The summed E-state index contributed by atoms with van der Waals surface area (Å²) in [6.07, 6.45) is 0.0723. The van der Waals surface area contributed by atoms with Gasteiger partial charge in [0.25, 0.3) is 0 Å². The Morgan fingerprint density at radius 2 is 1.90 bits per heavy atom. The summed E-state index contributed by atoms with van der Waals surface area (Å²) < 4.78 is 16.2. The predicted octanol–water partition coefficient (Wildman–Crippen LogP) is 4.45. The topological polar surface area (TPSA) is 68.8 Å². The molecule has 2 N–H and O–H groups in total. The van der Waals surface area contributed by atoms with E-state index < -0.39 is 0 Å². The van der Waals surface area contributed by atoms with Gasteiger partial charge in [-0.05, 0) is 81.4 Å². The highest BCUT2D eigenvalue weighted by Crippen LogP contribution is 2.29. The number of rotatable bonds is 8. The molecule has 156 valence electrons. The SMILES string of the molecule is CCOC(=O)c1ccc(NC(=S)NCc2ccc(OC(C)C)c(OC)c2)c(C)c1. The summed E-state index contributed by atoms with van der Waals surface area (Å²) in [6, 6.07) is 11.1. The number of hydrogen-bond acceptors (Lipinski definition) is 5. The smallest absolute Gasteiger partial charge is 0.338 e. The molecule has 0 bridgehead atoms. The number of benzene rings is 2. The van der Waals surface area contributed by atoms with E-state index >= 15 is 0 Å². The summed E-state index contributed by atoms with van der Waals surface area (Å²) in [7, 11) is 1.62. The van der Waals surface area contributed by atoms with Gasteiger partial charge in [0.2, 0.25) is 0 Å². The van der Waals surface area contributed by atoms with E-state index in [1.807, 2.05) is 45.0 Å². The van der Waals surface area contributed by atoms with Crippen LogP contribution in [0.4, 0.5) is 5.69 Å². The van der Waals surface area contributed by atoms with Crippen LogP contribution in [0.25, 0.3) is 0 Å². The number of methoxy groups -OCH3 is 1. The Bertz CT molecular complexity index is 868. The molecule has 0 saturated heterocycles. The third kappa shape index (κ3) is 6.64. The maximum absolute atomic E-state index is 11.8. The lowest BCUT2D eigenvalue weighted by Crippen LogP contribution is -2.28. The molecule has 0 spiro atoms. The number of carbonyl (C=O) groups excluding carboxylic acids is 1. The summed E-state index contributed by atoms with van der Waals surface area (Å²) in [5.74, 6) is 1.06. The van der Waals surface area contributed by atoms with Crippen molar-refractivity contribution in [2.75, 3.05) is 19.0 Å². The van der Waals surface area contributed by atoms with Crippen LogP contribution in [0.5, 0.6) is 11.5 Å². The third-order valence-electron chi connectivity index (χ3n) is 4.03. The summed E-state index contributed by atoms with van der Waals surface area (Å²) in [6.45, 7) is 8.52. The monoisotopic (exact) mass is 416 g/mol. The molecule has 0 amide bonds. The molecule has 0 aliphatic rings. The van der Waals surface area contributed by atoms with Gasteiger partial charge >= 0.3 is 5.97 Å². The molecule has 0 saturated carbocycles. The van der Waals surface area contributed by atoms with Crippen molar-refractivity contribution in [3.05, 3.63) is 53.1 Å². The molecule has 2 aromatic carbocycles. The zero-order valence-corrected chi connectivity index (χ0v) is 18.3. The third-order valence-corrected chi connectivity index (χ3v) is 4.28. The van der Waals surface area contributed by atoms with Crippen LogP contribution in [0.1, 0.15) is 42.3 Å². The summed E-state index contributed by atoms with van der Waals surface area (Å²) in [5.41, 5.74) is 3.26. The van der Waals surface area contributed by atoms with Crippen molar-refractivity contribution >= 4 is 29.0 Å². The van der Waals surface area contributed by atoms with E-state index in [0.29, 0.717) is 35.3 Å². The first kappa shape index (κ1) is 22.5. The van der Waals surface area contributed by atoms with Gasteiger partial charge in [-0.3, -0.25) is 0 Å². The molecule has 0 aliphatic heterocycles. The number of carbonyl (C=O) groups is 1. The largest absolute Gasteiger partial charge is 0.493 e. The van der Waals surface area contributed by atoms with Crippen molar-refractivity contribution in [1.29, 1.82) is 0 Å². The zero-order valence-electron chi connectivity index (χ0n) is 17.5. The molecule has 0 fully saturated rings. The molecule has 29 heavy (non-hydrogen) atoms. The van der Waals surface area contributed by atoms with E-state index in [1.165, 1.54) is 0 Å². The average molecular weight is 417 g/mol. The van der Waals surface area contributed by atoms with Crippen molar-refractivity contribution in [3.63, 3.8) is 0 Å². The van der Waals surface area contributed by atoms with Crippen LogP contribution < -0.4 is 20.1 Å². The van der Waals surface area contributed by atoms with Crippen LogP contribution in [0.2, 0.25) is 0 Å². The number of thiocarbonyl (C=S) groups is 1. The van der Waals surface area contributed by atoms with Crippen molar-refractivity contribution in [2.24, 2.45) is 0 Å². The van der Waals surface area contributed by atoms with Gasteiger partial charge in [0.05, 0.1) is 25.4 Å². The lowest BCUT2D eigenvalue weighted by molar-refractivity contribution is 0.0526. The van der Waals surface area contributed by atoms with Gasteiger partial charge in [-0.2, -0.15) is 0 Å². The lowest BCUT2D eigenvalue weighted by atomic mass is 10.1. The van der Waals surface area contributed by atoms with Crippen molar-refractivity contribution in [2.45, 2.75) is 40.3 Å². The molecule has 0 unspecified atom stereocenters. The standard InChI is InChI=1S/C22H28N2O4S/c1-6-27-21(25)17-8-9-18(15(4)11-17)24-22(29)23-13-16-7-10-19(28-14(2)3)20(12-16)26-5/h7-12,14H,6,13H2,1-5H3,(H2,23,24,29). The number of nitrogens with one attached hydrogen (secondary N) is 2. The van der Waals surface area contributed by atoms with Gasteiger partial charge in [-0.15, -0.1) is 0 Å². The fourth-order valence-corrected chi connectivity index (χ4v) is 2.85. The second-order valence-corrected chi connectivity index (χ2v) is 7.12. The van der Waals surface area contributed by atoms with E-state index in [1.54, 1.807) is 26.2 Å². The Morgan fingerprint density at radius 3 is 2.52 bits per heavy atom. The molecule has 2 rings (SSSR count). The van der Waals surface area contributed by atoms with Gasteiger partial charge in [0.15, 0.2) is 16.6 Å². The Labute approximate surface area is 177 Å². The first-order valence-electron chi connectivity index (χ1n) is 9.50. The summed E-state index contributed by atoms with van der Waals surface area (Å²) >= 11 is 5.40. The molecule has 0 aliphatic carbocycles. The quantitative estimate of drug-likeness (QED) is 0.486. The van der Waals surface area contributed by atoms with E-state index in [9.17, 15) is 4.79 Å². The summed E-state index contributed by atoms with van der Waals surface area (Å²) in [4.78, 5) is 11.8. The number of hydrogen-bond donors (Lipinski definition) is 2.